The van der Waals surface area contributed by atoms with Crippen LogP contribution in [0.5, 0.6) is 0 Å². The fraction of sp³-hybridized carbons (Fsp3) is 0.368. The summed E-state index contributed by atoms with van der Waals surface area (Å²) in [7, 11) is -3.81. The molecule has 1 atom stereocenters. The predicted molar refractivity (Wildman–Crippen MR) is 109 cm³/mol. The molecule has 2 aromatic rings. The molecule has 8 heteroatoms. The largest absolute Gasteiger partial charge is 0.294 e. The summed E-state index contributed by atoms with van der Waals surface area (Å²) >= 11 is 2.39. The van der Waals surface area contributed by atoms with E-state index in [2.05, 4.69) is 4.40 Å². The van der Waals surface area contributed by atoms with Crippen LogP contribution in [0.3, 0.4) is 0 Å². The van der Waals surface area contributed by atoms with Crippen molar-refractivity contribution in [1.82, 2.24) is 4.90 Å². The van der Waals surface area contributed by atoms with Gasteiger partial charge in [0, 0.05) is 6.04 Å². The van der Waals surface area contributed by atoms with E-state index >= 15 is 0 Å². The number of amides is 1. The van der Waals surface area contributed by atoms with Crippen LogP contribution in [0, 0.1) is 0 Å². The zero-order valence-corrected chi connectivity index (χ0v) is 17.1. The van der Waals surface area contributed by atoms with Crippen LogP contribution in [0.2, 0.25) is 0 Å². The number of carbonyl (C=O) groups is 1. The quantitative estimate of drug-likeness (QED) is 0.733. The summed E-state index contributed by atoms with van der Waals surface area (Å²) < 4.78 is 29.7. The van der Waals surface area contributed by atoms with Crippen molar-refractivity contribution in [3.8, 4) is 0 Å². The first-order chi connectivity index (χ1) is 13.1. The molecule has 1 saturated carbocycles. The van der Waals surface area contributed by atoms with Gasteiger partial charge in [-0.15, -0.1) is 15.7 Å². The van der Waals surface area contributed by atoms with Gasteiger partial charge in [-0.25, -0.2) is 0 Å². The van der Waals surface area contributed by atoms with Gasteiger partial charge in [0.2, 0.25) is 5.91 Å². The molecule has 1 aromatic carbocycles. The lowest BCUT2D eigenvalue weighted by Crippen LogP contribution is -2.41. The standard InChI is InChI=1S/C19H20N2O3S3/c22-18-17(14-8-3-1-4-9-14)26-19(21(18)15-10-5-2-6-11-15)20-27(23,24)16-12-7-13-25-16/h1,3-4,7-9,12-13,15,17H,2,5-6,10-11H2/t17-/m0/s1. The zero-order chi connectivity index (χ0) is 18.9. The highest BCUT2D eigenvalue weighted by molar-refractivity contribution is 8.15. The van der Waals surface area contributed by atoms with Crippen LogP contribution in [0.4, 0.5) is 0 Å². The lowest BCUT2D eigenvalue weighted by atomic mass is 9.94. The first-order valence-corrected chi connectivity index (χ1v) is 12.2. The average molecular weight is 421 g/mol. The van der Waals surface area contributed by atoms with Crippen molar-refractivity contribution in [1.29, 1.82) is 0 Å². The summed E-state index contributed by atoms with van der Waals surface area (Å²) in [4.78, 5) is 14.9. The van der Waals surface area contributed by atoms with E-state index in [1.807, 2.05) is 30.3 Å². The second-order valence-electron chi connectivity index (χ2n) is 6.69. The monoisotopic (exact) mass is 420 g/mol. The highest BCUT2D eigenvalue weighted by Crippen LogP contribution is 2.43. The predicted octanol–water partition coefficient (Wildman–Crippen LogP) is 4.44. The van der Waals surface area contributed by atoms with E-state index < -0.39 is 15.3 Å². The third-order valence-electron chi connectivity index (χ3n) is 4.88. The van der Waals surface area contributed by atoms with Gasteiger partial charge in [-0.3, -0.25) is 9.69 Å². The topological polar surface area (TPSA) is 66.8 Å². The van der Waals surface area contributed by atoms with Crippen LogP contribution in [-0.2, 0) is 14.8 Å². The molecule has 4 rings (SSSR count). The van der Waals surface area contributed by atoms with Crippen molar-refractivity contribution in [3.63, 3.8) is 0 Å². The molecule has 2 aliphatic rings. The summed E-state index contributed by atoms with van der Waals surface area (Å²) in [5, 5.41) is 1.59. The van der Waals surface area contributed by atoms with Gasteiger partial charge in [0.05, 0.1) is 0 Å². The van der Waals surface area contributed by atoms with Crippen LogP contribution in [0.25, 0.3) is 0 Å². The fourth-order valence-electron chi connectivity index (χ4n) is 3.57. The first-order valence-electron chi connectivity index (χ1n) is 8.99. The lowest BCUT2D eigenvalue weighted by molar-refractivity contribution is -0.128. The molecule has 0 bridgehead atoms. The van der Waals surface area contributed by atoms with Gasteiger partial charge in [0.15, 0.2) is 5.17 Å². The van der Waals surface area contributed by atoms with E-state index in [4.69, 9.17) is 0 Å². The second-order valence-corrected chi connectivity index (χ2v) is 10.5. The molecule has 0 spiro atoms. The number of hydrogen-bond donors (Lipinski definition) is 0. The fourth-order valence-corrected chi connectivity index (χ4v) is 6.96. The molecule has 1 aliphatic carbocycles. The number of carbonyl (C=O) groups excluding carboxylic acids is 1. The van der Waals surface area contributed by atoms with E-state index in [1.165, 1.54) is 11.8 Å². The molecular formula is C19H20N2O3S3. The number of benzene rings is 1. The Morgan fingerprint density at radius 1 is 1.00 bits per heavy atom. The Morgan fingerprint density at radius 3 is 2.41 bits per heavy atom. The number of nitrogens with zero attached hydrogens (tertiary/aromatic N) is 2. The highest BCUT2D eigenvalue weighted by Gasteiger charge is 2.43. The molecular weight excluding hydrogens is 400 g/mol. The van der Waals surface area contributed by atoms with Gasteiger partial charge in [0.1, 0.15) is 9.46 Å². The molecule has 2 heterocycles. The van der Waals surface area contributed by atoms with Gasteiger partial charge in [-0.1, -0.05) is 67.4 Å². The summed E-state index contributed by atoms with van der Waals surface area (Å²) in [5.74, 6) is -0.0572. The van der Waals surface area contributed by atoms with Crippen LogP contribution < -0.4 is 0 Å². The van der Waals surface area contributed by atoms with Crippen molar-refractivity contribution < 1.29 is 13.2 Å². The maximum atomic E-state index is 13.2. The van der Waals surface area contributed by atoms with Crippen LogP contribution in [0.15, 0.2) is 56.5 Å². The molecule has 5 nitrogen and oxygen atoms in total. The van der Waals surface area contributed by atoms with Gasteiger partial charge < -0.3 is 0 Å². The van der Waals surface area contributed by atoms with Gasteiger partial charge in [0.25, 0.3) is 10.0 Å². The molecule has 1 amide bonds. The molecule has 0 radical (unpaired) electrons. The van der Waals surface area contributed by atoms with Crippen molar-refractivity contribution in [3.05, 3.63) is 53.4 Å². The third kappa shape index (κ3) is 3.83. The molecule has 1 aromatic heterocycles. The van der Waals surface area contributed by atoms with Crippen LogP contribution >= 0.6 is 23.1 Å². The molecule has 1 aliphatic heterocycles. The smallest absolute Gasteiger partial charge is 0.286 e. The summed E-state index contributed by atoms with van der Waals surface area (Å²) in [6.45, 7) is 0. The SMILES string of the molecule is O=C1[C@H](c2ccccc2)SC(=NS(=O)(=O)c2cccs2)N1C1CCCCC1. The van der Waals surface area contributed by atoms with Crippen LogP contribution in [-0.4, -0.2) is 30.4 Å². The highest BCUT2D eigenvalue weighted by atomic mass is 32.2. The molecule has 27 heavy (non-hydrogen) atoms. The molecule has 0 unspecified atom stereocenters. The Balaban J connectivity index is 1.73. The average Bonchev–Trinajstić information content (AvgIpc) is 3.32. The number of sulfonamides is 1. The lowest BCUT2D eigenvalue weighted by Gasteiger charge is -2.30. The Hall–Kier alpha value is -1.64. The zero-order valence-electron chi connectivity index (χ0n) is 14.7. The normalized spacial score (nSPS) is 23.3. The summed E-state index contributed by atoms with van der Waals surface area (Å²) in [6, 6.07) is 12.8. The summed E-state index contributed by atoms with van der Waals surface area (Å²) in [6.07, 6.45) is 5.06. The van der Waals surface area contributed by atoms with Gasteiger partial charge in [-0.05, 0) is 29.9 Å². The Labute approximate surface area is 167 Å². The van der Waals surface area contributed by atoms with Gasteiger partial charge >= 0.3 is 0 Å². The number of thiophene rings is 1. The Morgan fingerprint density at radius 2 is 1.74 bits per heavy atom. The van der Waals surface area contributed by atoms with Crippen molar-refractivity contribution in [2.75, 3.05) is 0 Å². The second kappa shape index (κ2) is 7.77. The van der Waals surface area contributed by atoms with Crippen molar-refractivity contribution in [2.45, 2.75) is 47.6 Å². The van der Waals surface area contributed by atoms with Crippen molar-refractivity contribution in [2.24, 2.45) is 4.40 Å². The minimum Gasteiger partial charge on any atom is -0.286 e. The Bertz CT molecular complexity index is 934. The van der Waals surface area contributed by atoms with E-state index in [0.717, 1.165) is 49.0 Å². The van der Waals surface area contributed by atoms with Crippen LogP contribution in [0.1, 0.15) is 42.9 Å². The maximum Gasteiger partial charge on any atom is 0.294 e. The first kappa shape index (κ1) is 18.7. The van der Waals surface area contributed by atoms with E-state index in [-0.39, 0.29) is 16.2 Å². The minimum absolute atomic E-state index is 0.0322. The Kier molecular flexibility index (Phi) is 5.39. The van der Waals surface area contributed by atoms with E-state index in [0.29, 0.717) is 5.17 Å². The molecule has 2 fully saturated rings. The van der Waals surface area contributed by atoms with E-state index in [1.54, 1.807) is 22.4 Å². The molecule has 142 valence electrons. The number of thioether (sulfide) groups is 1. The number of amidine groups is 1. The number of hydrogen-bond acceptors (Lipinski definition) is 5. The molecule has 1 saturated heterocycles. The summed E-state index contributed by atoms with van der Waals surface area (Å²) in [5.41, 5.74) is 0.882. The number of rotatable bonds is 4. The third-order valence-corrected chi connectivity index (χ3v) is 8.84. The van der Waals surface area contributed by atoms with E-state index in [9.17, 15) is 13.2 Å². The minimum atomic E-state index is -3.81. The maximum absolute atomic E-state index is 13.2. The van der Waals surface area contributed by atoms with Gasteiger partial charge in [-0.2, -0.15) is 8.42 Å². The molecule has 0 N–H and O–H groups in total. The van der Waals surface area contributed by atoms with Crippen molar-refractivity contribution >= 4 is 44.2 Å².